The molecular weight excluding hydrogens is 277 g/mol. The molecule has 20 heavy (non-hydrogen) atoms. The second-order valence-corrected chi connectivity index (χ2v) is 5.48. The third kappa shape index (κ3) is 2.18. The lowest BCUT2D eigenvalue weighted by Crippen LogP contribution is -1.88. The number of nitrogens with zero attached hydrogens (tertiary/aromatic N) is 2. The van der Waals surface area contributed by atoms with Gasteiger partial charge in [-0.05, 0) is 48.6 Å². The number of benzene rings is 1. The fraction of sp³-hybridized carbons (Fsp3) is 0.143. The number of rotatable bonds is 2. The number of thiophene rings is 1. The Hall–Kier alpha value is -2.21. The number of aryl methyl sites for hydroxylation is 2. The summed E-state index contributed by atoms with van der Waals surface area (Å²) in [5.74, 6) is 0.392. The molecule has 102 valence electrons. The second kappa shape index (κ2) is 4.72. The molecule has 0 saturated carbocycles. The van der Waals surface area contributed by atoms with E-state index in [4.69, 9.17) is 10.3 Å². The molecule has 0 spiro atoms. The van der Waals surface area contributed by atoms with E-state index in [0.29, 0.717) is 23.0 Å². The monoisotopic (exact) mass is 289 g/mol. The normalized spacial score (nSPS) is 10.9. The highest BCUT2D eigenvalue weighted by molar-refractivity contribution is 7.14. The van der Waals surface area contributed by atoms with Crippen molar-refractivity contribution in [1.29, 1.82) is 0 Å². The molecule has 0 saturated heterocycles. The van der Waals surface area contributed by atoms with Gasteiger partial charge in [0.05, 0.1) is 5.69 Å². The second-order valence-electron chi connectivity index (χ2n) is 4.60. The topological polar surface area (TPSA) is 64.9 Å². The first-order valence-electron chi connectivity index (χ1n) is 6.00. The lowest BCUT2D eigenvalue weighted by Gasteiger charge is -1.97. The molecule has 0 aliphatic carbocycles. The summed E-state index contributed by atoms with van der Waals surface area (Å²) in [5, 5.41) is 5.83. The molecule has 2 heterocycles. The van der Waals surface area contributed by atoms with E-state index in [2.05, 4.69) is 10.1 Å². The minimum atomic E-state index is -0.321. The van der Waals surface area contributed by atoms with Crippen molar-refractivity contribution in [3.05, 3.63) is 40.5 Å². The first kappa shape index (κ1) is 12.8. The molecule has 3 aromatic rings. The summed E-state index contributed by atoms with van der Waals surface area (Å²) in [6.45, 7) is 3.73. The van der Waals surface area contributed by atoms with Crippen molar-refractivity contribution in [3.63, 3.8) is 0 Å². The van der Waals surface area contributed by atoms with Crippen LogP contribution in [0.3, 0.4) is 0 Å². The molecule has 0 fully saturated rings. The molecule has 0 atom stereocenters. The van der Waals surface area contributed by atoms with Crippen molar-refractivity contribution in [2.24, 2.45) is 0 Å². The van der Waals surface area contributed by atoms with Gasteiger partial charge in [-0.1, -0.05) is 5.16 Å². The summed E-state index contributed by atoms with van der Waals surface area (Å²) in [6, 6.07) is 4.64. The third-order valence-corrected chi connectivity index (χ3v) is 4.05. The molecule has 2 aromatic heterocycles. The first-order valence-corrected chi connectivity index (χ1v) is 6.88. The molecule has 4 nitrogen and oxygen atoms in total. The summed E-state index contributed by atoms with van der Waals surface area (Å²) in [4.78, 5) is 5.04. The molecule has 2 N–H and O–H groups in total. The smallest absolute Gasteiger partial charge is 0.270 e. The van der Waals surface area contributed by atoms with Crippen LogP contribution in [-0.2, 0) is 0 Å². The van der Waals surface area contributed by atoms with E-state index in [0.717, 1.165) is 16.0 Å². The lowest BCUT2D eigenvalue weighted by atomic mass is 10.1. The van der Waals surface area contributed by atoms with Gasteiger partial charge in [-0.25, -0.2) is 4.39 Å². The largest absolute Gasteiger partial charge is 0.397 e. The van der Waals surface area contributed by atoms with Gasteiger partial charge < -0.3 is 10.3 Å². The minimum absolute atomic E-state index is 0.321. The molecule has 0 unspecified atom stereocenters. The molecule has 0 aliphatic heterocycles. The summed E-state index contributed by atoms with van der Waals surface area (Å²) < 4.78 is 18.6. The van der Waals surface area contributed by atoms with Crippen LogP contribution in [0.5, 0.6) is 0 Å². The summed E-state index contributed by atoms with van der Waals surface area (Å²) >= 11 is 1.45. The van der Waals surface area contributed by atoms with Crippen molar-refractivity contribution >= 4 is 17.0 Å². The number of anilines is 1. The standard InChI is InChI=1S/C14H12FN3OS/c1-7-3-9(5-10(15)4-7)13-17-14(19-18-13)12-11(16)8(2)6-20-12/h3-6H,16H2,1-2H3. The van der Waals surface area contributed by atoms with E-state index in [1.807, 2.05) is 19.2 Å². The van der Waals surface area contributed by atoms with Gasteiger partial charge in [0.2, 0.25) is 5.82 Å². The predicted molar refractivity (Wildman–Crippen MR) is 76.9 cm³/mol. The Morgan fingerprint density at radius 3 is 2.70 bits per heavy atom. The van der Waals surface area contributed by atoms with Gasteiger partial charge >= 0.3 is 0 Å². The van der Waals surface area contributed by atoms with Gasteiger partial charge in [-0.3, -0.25) is 0 Å². The molecule has 0 aliphatic rings. The van der Waals surface area contributed by atoms with Gasteiger partial charge in [0.25, 0.3) is 5.89 Å². The van der Waals surface area contributed by atoms with Crippen LogP contribution >= 0.6 is 11.3 Å². The van der Waals surface area contributed by atoms with Gasteiger partial charge in [-0.2, -0.15) is 4.98 Å². The number of hydrogen-bond donors (Lipinski definition) is 1. The Morgan fingerprint density at radius 1 is 1.25 bits per heavy atom. The predicted octanol–water partition coefficient (Wildman–Crippen LogP) is 3.80. The van der Waals surface area contributed by atoms with Gasteiger partial charge in [0.15, 0.2) is 0 Å². The SMILES string of the molecule is Cc1cc(F)cc(-c2noc(-c3scc(C)c3N)n2)c1. The molecule has 1 aromatic carbocycles. The van der Waals surface area contributed by atoms with Crippen molar-refractivity contribution in [1.82, 2.24) is 10.1 Å². The molecular formula is C14H12FN3OS. The zero-order valence-electron chi connectivity index (χ0n) is 11.0. The molecule has 0 radical (unpaired) electrons. The Bertz CT molecular complexity index is 758. The van der Waals surface area contributed by atoms with Crippen molar-refractivity contribution in [3.8, 4) is 22.2 Å². The maximum atomic E-state index is 13.4. The van der Waals surface area contributed by atoms with Crippen LogP contribution in [0.1, 0.15) is 11.1 Å². The Balaban J connectivity index is 2.04. The Labute approximate surface area is 119 Å². The number of nitrogen functional groups attached to an aromatic ring is 1. The molecule has 6 heteroatoms. The average Bonchev–Trinajstić information content (AvgIpc) is 2.97. The highest BCUT2D eigenvalue weighted by atomic mass is 32.1. The molecule has 0 bridgehead atoms. The highest BCUT2D eigenvalue weighted by Crippen LogP contribution is 2.34. The third-order valence-electron chi connectivity index (χ3n) is 2.94. The van der Waals surface area contributed by atoms with Crippen LogP contribution in [0.2, 0.25) is 0 Å². The van der Waals surface area contributed by atoms with Gasteiger partial charge in [-0.15, -0.1) is 11.3 Å². The van der Waals surface area contributed by atoms with E-state index in [-0.39, 0.29) is 5.82 Å². The summed E-state index contributed by atoms with van der Waals surface area (Å²) in [7, 11) is 0. The molecule has 0 amide bonds. The van der Waals surface area contributed by atoms with E-state index >= 15 is 0 Å². The average molecular weight is 289 g/mol. The van der Waals surface area contributed by atoms with E-state index < -0.39 is 0 Å². The van der Waals surface area contributed by atoms with Crippen LogP contribution in [0.25, 0.3) is 22.2 Å². The summed E-state index contributed by atoms with van der Waals surface area (Å²) in [6.07, 6.45) is 0. The number of halogens is 1. The van der Waals surface area contributed by atoms with E-state index in [9.17, 15) is 4.39 Å². The first-order chi connectivity index (χ1) is 9.54. The van der Waals surface area contributed by atoms with Crippen LogP contribution in [0, 0.1) is 19.7 Å². The lowest BCUT2D eigenvalue weighted by molar-refractivity contribution is 0.433. The zero-order valence-corrected chi connectivity index (χ0v) is 11.8. The fourth-order valence-electron chi connectivity index (χ4n) is 1.92. The summed E-state index contributed by atoms with van der Waals surface area (Å²) in [5.41, 5.74) is 8.96. The molecule has 3 rings (SSSR count). The van der Waals surface area contributed by atoms with Crippen LogP contribution in [0.4, 0.5) is 10.1 Å². The fourth-order valence-corrected chi connectivity index (χ4v) is 2.81. The van der Waals surface area contributed by atoms with Crippen LogP contribution in [-0.4, -0.2) is 10.1 Å². The quantitative estimate of drug-likeness (QED) is 0.779. The van der Waals surface area contributed by atoms with Crippen molar-refractivity contribution in [2.45, 2.75) is 13.8 Å². The van der Waals surface area contributed by atoms with E-state index in [1.54, 1.807) is 6.07 Å². The van der Waals surface area contributed by atoms with Crippen LogP contribution < -0.4 is 5.73 Å². The minimum Gasteiger partial charge on any atom is -0.397 e. The maximum absolute atomic E-state index is 13.4. The van der Waals surface area contributed by atoms with Gasteiger partial charge in [0.1, 0.15) is 10.7 Å². The van der Waals surface area contributed by atoms with Crippen molar-refractivity contribution in [2.75, 3.05) is 5.73 Å². The van der Waals surface area contributed by atoms with Crippen LogP contribution in [0.15, 0.2) is 28.1 Å². The maximum Gasteiger partial charge on any atom is 0.270 e. The Kier molecular flexibility index (Phi) is 3.02. The zero-order chi connectivity index (χ0) is 14.3. The van der Waals surface area contributed by atoms with E-state index in [1.165, 1.54) is 23.5 Å². The van der Waals surface area contributed by atoms with Crippen molar-refractivity contribution < 1.29 is 8.91 Å². The number of aromatic nitrogens is 2. The number of hydrogen-bond acceptors (Lipinski definition) is 5. The Morgan fingerprint density at radius 2 is 2.05 bits per heavy atom. The van der Waals surface area contributed by atoms with Gasteiger partial charge in [0, 0.05) is 5.56 Å². The highest BCUT2D eigenvalue weighted by Gasteiger charge is 2.16. The number of nitrogens with two attached hydrogens (primary N) is 1.